The molecule has 0 bridgehead atoms. The van der Waals surface area contributed by atoms with E-state index in [-0.39, 0.29) is 0 Å². The summed E-state index contributed by atoms with van der Waals surface area (Å²) in [6.07, 6.45) is 7.02. The molecule has 1 saturated heterocycles. The highest BCUT2D eigenvalue weighted by Gasteiger charge is 2.35. The molecule has 21 heavy (non-hydrogen) atoms. The van der Waals surface area contributed by atoms with Gasteiger partial charge in [0.15, 0.2) is 0 Å². The summed E-state index contributed by atoms with van der Waals surface area (Å²) in [5, 5.41) is 4.71. The number of likely N-dealkylation sites (N-methyl/N-ethyl adjacent to an activating group) is 1. The highest BCUT2D eigenvalue weighted by Crippen LogP contribution is 2.34. The third kappa shape index (κ3) is 3.61. The minimum absolute atomic E-state index is 0.410. The Morgan fingerprint density at radius 1 is 1.33 bits per heavy atom. The second-order valence-corrected chi connectivity index (χ2v) is 7.36. The molecule has 116 valence electrons. The number of benzene rings is 1. The lowest BCUT2D eigenvalue weighted by Crippen LogP contribution is -2.40. The zero-order valence-corrected chi connectivity index (χ0v) is 13.9. The molecule has 1 aromatic rings. The van der Waals surface area contributed by atoms with Crippen LogP contribution in [0.2, 0.25) is 5.02 Å². The van der Waals surface area contributed by atoms with Crippen LogP contribution in [-0.2, 0) is 0 Å². The third-order valence-corrected chi connectivity index (χ3v) is 5.68. The average Bonchev–Trinajstić information content (AvgIpc) is 2.88. The van der Waals surface area contributed by atoms with Crippen molar-refractivity contribution in [1.29, 1.82) is 0 Å². The number of nitrogens with one attached hydrogen (secondary N) is 1. The van der Waals surface area contributed by atoms with E-state index in [1.165, 1.54) is 37.7 Å². The Hall–Kier alpha value is -0.570. The summed E-state index contributed by atoms with van der Waals surface area (Å²) in [5.74, 6) is 0.929. The number of rotatable bonds is 4. The van der Waals surface area contributed by atoms with Crippen molar-refractivity contribution >= 4 is 11.6 Å². The van der Waals surface area contributed by atoms with Crippen LogP contribution in [-0.4, -0.2) is 30.6 Å². The van der Waals surface area contributed by atoms with Gasteiger partial charge in [0.2, 0.25) is 0 Å². The molecule has 4 unspecified atom stereocenters. The lowest BCUT2D eigenvalue weighted by molar-refractivity contribution is 0.235. The predicted molar refractivity (Wildman–Crippen MR) is 89.8 cm³/mol. The van der Waals surface area contributed by atoms with Crippen molar-refractivity contribution in [2.75, 3.05) is 13.6 Å². The van der Waals surface area contributed by atoms with Crippen molar-refractivity contribution in [3.05, 3.63) is 34.9 Å². The highest BCUT2D eigenvalue weighted by molar-refractivity contribution is 6.30. The van der Waals surface area contributed by atoms with Gasteiger partial charge in [-0.15, -0.1) is 0 Å². The molecule has 1 N–H and O–H groups in total. The van der Waals surface area contributed by atoms with Gasteiger partial charge >= 0.3 is 0 Å². The molecule has 0 radical (unpaired) electrons. The van der Waals surface area contributed by atoms with E-state index < -0.39 is 0 Å². The van der Waals surface area contributed by atoms with Gasteiger partial charge in [0.25, 0.3) is 0 Å². The van der Waals surface area contributed by atoms with Crippen molar-refractivity contribution in [1.82, 2.24) is 10.2 Å². The van der Waals surface area contributed by atoms with Gasteiger partial charge in [-0.3, -0.25) is 4.90 Å². The summed E-state index contributed by atoms with van der Waals surface area (Å²) in [7, 11) is 2.23. The van der Waals surface area contributed by atoms with Crippen LogP contribution in [0.5, 0.6) is 0 Å². The maximum Gasteiger partial charge on any atom is 0.0409 e. The van der Waals surface area contributed by atoms with E-state index in [0.717, 1.165) is 23.5 Å². The first-order valence-corrected chi connectivity index (χ1v) is 8.73. The molecular weight excluding hydrogens is 280 g/mol. The van der Waals surface area contributed by atoms with Gasteiger partial charge in [0.1, 0.15) is 0 Å². The van der Waals surface area contributed by atoms with Gasteiger partial charge < -0.3 is 5.32 Å². The number of halogens is 1. The molecule has 1 aromatic carbocycles. The molecule has 2 nitrogen and oxygen atoms in total. The Labute approximate surface area is 133 Å². The summed E-state index contributed by atoms with van der Waals surface area (Å²) in [6.45, 7) is 3.40. The molecule has 2 aliphatic rings. The SMILES string of the molecule is CC(c1cccc(Cl)c1)N(C)CC1CC2CCCCC2N1. The van der Waals surface area contributed by atoms with Crippen molar-refractivity contribution < 1.29 is 0 Å². The molecule has 1 aliphatic heterocycles. The summed E-state index contributed by atoms with van der Waals surface area (Å²) >= 11 is 6.12. The Kier molecular flexibility index (Phi) is 4.88. The maximum absolute atomic E-state index is 6.12. The van der Waals surface area contributed by atoms with E-state index in [1.807, 2.05) is 12.1 Å². The van der Waals surface area contributed by atoms with E-state index in [0.29, 0.717) is 12.1 Å². The van der Waals surface area contributed by atoms with Gasteiger partial charge in [0, 0.05) is 29.7 Å². The molecule has 0 spiro atoms. The lowest BCUT2D eigenvalue weighted by Gasteiger charge is -2.28. The van der Waals surface area contributed by atoms with Crippen LogP contribution in [0.1, 0.15) is 50.6 Å². The smallest absolute Gasteiger partial charge is 0.0409 e. The Morgan fingerprint density at radius 2 is 2.14 bits per heavy atom. The third-order valence-electron chi connectivity index (χ3n) is 5.45. The topological polar surface area (TPSA) is 15.3 Å². The molecular formula is C18H27ClN2. The van der Waals surface area contributed by atoms with Crippen LogP contribution in [0.15, 0.2) is 24.3 Å². The van der Waals surface area contributed by atoms with E-state index in [4.69, 9.17) is 11.6 Å². The van der Waals surface area contributed by atoms with Crippen molar-refractivity contribution in [2.24, 2.45) is 5.92 Å². The van der Waals surface area contributed by atoms with Crippen molar-refractivity contribution in [2.45, 2.75) is 57.2 Å². The standard InChI is InChI=1S/C18H27ClN2/c1-13(14-7-5-8-16(19)10-14)21(2)12-17-11-15-6-3-4-9-18(15)20-17/h5,7-8,10,13,15,17-18,20H,3-4,6,9,11-12H2,1-2H3. The minimum Gasteiger partial charge on any atom is -0.310 e. The van der Waals surface area contributed by atoms with Crippen LogP contribution >= 0.6 is 11.6 Å². The minimum atomic E-state index is 0.410. The first-order valence-electron chi connectivity index (χ1n) is 8.35. The van der Waals surface area contributed by atoms with Crippen LogP contribution in [0.4, 0.5) is 0 Å². The zero-order valence-electron chi connectivity index (χ0n) is 13.2. The van der Waals surface area contributed by atoms with Crippen LogP contribution < -0.4 is 5.32 Å². The lowest BCUT2D eigenvalue weighted by atomic mass is 9.85. The highest BCUT2D eigenvalue weighted by atomic mass is 35.5. The summed E-state index contributed by atoms with van der Waals surface area (Å²) in [5.41, 5.74) is 1.31. The van der Waals surface area contributed by atoms with Crippen LogP contribution in [0, 0.1) is 5.92 Å². The van der Waals surface area contributed by atoms with Crippen molar-refractivity contribution in [3.63, 3.8) is 0 Å². The number of fused-ring (bicyclic) bond motifs is 1. The van der Waals surface area contributed by atoms with E-state index >= 15 is 0 Å². The maximum atomic E-state index is 6.12. The Balaban J connectivity index is 1.57. The van der Waals surface area contributed by atoms with Crippen LogP contribution in [0.25, 0.3) is 0 Å². The Morgan fingerprint density at radius 3 is 2.90 bits per heavy atom. The molecule has 4 atom stereocenters. The molecule has 1 heterocycles. The summed E-state index contributed by atoms with van der Waals surface area (Å²) in [6, 6.07) is 10.1. The van der Waals surface area contributed by atoms with E-state index in [2.05, 4.69) is 36.3 Å². The molecule has 0 amide bonds. The largest absolute Gasteiger partial charge is 0.310 e. The fourth-order valence-electron chi connectivity index (χ4n) is 4.10. The van der Waals surface area contributed by atoms with Crippen LogP contribution in [0.3, 0.4) is 0 Å². The fraction of sp³-hybridized carbons (Fsp3) is 0.667. The quantitative estimate of drug-likeness (QED) is 0.894. The second kappa shape index (κ2) is 6.68. The van der Waals surface area contributed by atoms with Gasteiger partial charge in [-0.05, 0) is 56.8 Å². The zero-order chi connectivity index (χ0) is 14.8. The van der Waals surface area contributed by atoms with Gasteiger partial charge in [-0.25, -0.2) is 0 Å². The first-order chi connectivity index (χ1) is 10.1. The first kappa shape index (κ1) is 15.3. The van der Waals surface area contributed by atoms with E-state index in [1.54, 1.807) is 0 Å². The predicted octanol–water partition coefficient (Wildman–Crippen LogP) is 4.25. The van der Waals surface area contributed by atoms with Gasteiger partial charge in [-0.2, -0.15) is 0 Å². The molecule has 2 fully saturated rings. The summed E-state index contributed by atoms with van der Waals surface area (Å²) < 4.78 is 0. The number of hydrogen-bond donors (Lipinski definition) is 1. The number of hydrogen-bond acceptors (Lipinski definition) is 2. The summed E-state index contributed by atoms with van der Waals surface area (Å²) in [4.78, 5) is 2.46. The Bertz CT molecular complexity index is 462. The average molecular weight is 307 g/mol. The molecule has 3 rings (SSSR count). The number of nitrogens with zero attached hydrogens (tertiary/aromatic N) is 1. The normalized spacial score (nSPS) is 30.4. The van der Waals surface area contributed by atoms with E-state index in [9.17, 15) is 0 Å². The molecule has 0 aromatic heterocycles. The second-order valence-electron chi connectivity index (χ2n) is 6.92. The fourth-order valence-corrected chi connectivity index (χ4v) is 4.30. The van der Waals surface area contributed by atoms with Gasteiger partial charge in [0.05, 0.1) is 0 Å². The molecule has 1 saturated carbocycles. The molecule has 1 aliphatic carbocycles. The van der Waals surface area contributed by atoms with Crippen molar-refractivity contribution in [3.8, 4) is 0 Å². The monoisotopic (exact) mass is 306 g/mol. The molecule has 3 heteroatoms. The van der Waals surface area contributed by atoms with Gasteiger partial charge in [-0.1, -0.05) is 36.6 Å².